The van der Waals surface area contributed by atoms with Crippen molar-refractivity contribution in [3.8, 4) is 5.75 Å². The van der Waals surface area contributed by atoms with E-state index in [2.05, 4.69) is 20.5 Å². The average Bonchev–Trinajstić information content (AvgIpc) is 3.13. The molecule has 0 saturated heterocycles. The summed E-state index contributed by atoms with van der Waals surface area (Å²) in [7, 11) is -3.77. The average molecular weight is 468 g/mol. The quantitative estimate of drug-likeness (QED) is 0.432. The van der Waals surface area contributed by atoms with Crippen LogP contribution in [-0.2, 0) is 21.4 Å². The highest BCUT2D eigenvalue weighted by Crippen LogP contribution is 2.22. The Hall–Kier alpha value is -2.60. The molecule has 1 heterocycles. The van der Waals surface area contributed by atoms with E-state index in [0.717, 1.165) is 17.3 Å². The second-order valence-corrected chi connectivity index (χ2v) is 9.11. The van der Waals surface area contributed by atoms with Gasteiger partial charge in [0.2, 0.25) is 21.1 Å². The highest BCUT2D eigenvalue weighted by atomic mass is 35.5. The largest absolute Gasteiger partial charge is 0.485 e. The van der Waals surface area contributed by atoms with Gasteiger partial charge in [-0.15, -0.1) is 5.10 Å². The molecule has 0 bridgehead atoms. The lowest BCUT2D eigenvalue weighted by atomic mass is 10.2. The number of aromatic nitrogens is 3. The molecule has 30 heavy (non-hydrogen) atoms. The van der Waals surface area contributed by atoms with Crippen molar-refractivity contribution in [1.29, 1.82) is 0 Å². The third kappa shape index (κ3) is 6.20. The van der Waals surface area contributed by atoms with E-state index >= 15 is 0 Å². The number of rotatable bonds is 8. The summed E-state index contributed by atoms with van der Waals surface area (Å²) in [5.74, 6) is 0.997. The van der Waals surface area contributed by atoms with Gasteiger partial charge < -0.3 is 10.1 Å². The number of hydrogen-bond donors (Lipinski definition) is 3. The first-order valence-electron chi connectivity index (χ1n) is 8.56. The number of hydrogen-bond acceptors (Lipinski definition) is 7. The van der Waals surface area contributed by atoms with Crippen molar-refractivity contribution in [2.24, 2.45) is 5.14 Å². The minimum absolute atomic E-state index is 0.0286. The predicted octanol–water partition coefficient (Wildman–Crippen LogP) is 2.72. The number of ether oxygens (including phenoxy) is 1. The number of anilines is 1. The van der Waals surface area contributed by atoms with E-state index in [4.69, 9.17) is 21.5 Å². The molecule has 3 aromatic rings. The van der Waals surface area contributed by atoms with E-state index in [1.807, 2.05) is 6.92 Å². The molecule has 0 saturated carbocycles. The number of aromatic amines is 1. The van der Waals surface area contributed by atoms with Crippen molar-refractivity contribution in [1.82, 2.24) is 15.2 Å². The van der Waals surface area contributed by atoms with Crippen LogP contribution in [0.4, 0.5) is 5.69 Å². The Morgan fingerprint density at radius 1 is 1.27 bits per heavy atom. The molecular weight excluding hydrogens is 450 g/mol. The summed E-state index contributed by atoms with van der Waals surface area (Å²) in [6.45, 7) is 2.09. The summed E-state index contributed by atoms with van der Waals surface area (Å²) >= 11 is 7.07. The van der Waals surface area contributed by atoms with Crippen molar-refractivity contribution in [2.75, 3.05) is 11.1 Å². The van der Waals surface area contributed by atoms with Gasteiger partial charge in [0, 0.05) is 10.7 Å². The normalized spacial score (nSPS) is 11.3. The first-order valence-corrected chi connectivity index (χ1v) is 11.5. The first kappa shape index (κ1) is 22.1. The van der Waals surface area contributed by atoms with Crippen LogP contribution in [0.25, 0.3) is 0 Å². The Morgan fingerprint density at radius 3 is 2.67 bits per heavy atom. The molecular formula is C18H18ClN5O4S2. The summed E-state index contributed by atoms with van der Waals surface area (Å²) in [6.07, 6.45) is 0. The maximum Gasteiger partial charge on any atom is 0.238 e. The summed E-state index contributed by atoms with van der Waals surface area (Å²) in [4.78, 5) is 16.3. The van der Waals surface area contributed by atoms with Crippen molar-refractivity contribution in [3.05, 3.63) is 58.9 Å². The van der Waals surface area contributed by atoms with Gasteiger partial charge in [0.15, 0.2) is 5.82 Å². The van der Waals surface area contributed by atoms with Crippen LogP contribution in [0.3, 0.4) is 0 Å². The molecule has 12 heteroatoms. The SMILES string of the molecule is Cc1cc(Cl)ccc1OCc1nc(SCC(=O)Nc2ccc(S(N)(=O)=O)cc2)n[nH]1. The molecule has 0 spiro atoms. The molecule has 0 aliphatic heterocycles. The zero-order valence-corrected chi connectivity index (χ0v) is 18.1. The first-order chi connectivity index (χ1) is 14.2. The number of H-pyrrole nitrogens is 1. The van der Waals surface area contributed by atoms with Crippen molar-refractivity contribution < 1.29 is 17.9 Å². The minimum atomic E-state index is -3.77. The smallest absolute Gasteiger partial charge is 0.238 e. The van der Waals surface area contributed by atoms with Crippen LogP contribution in [0.5, 0.6) is 5.75 Å². The van der Waals surface area contributed by atoms with Crippen LogP contribution in [0, 0.1) is 6.92 Å². The topological polar surface area (TPSA) is 140 Å². The molecule has 9 nitrogen and oxygen atoms in total. The van der Waals surface area contributed by atoms with Gasteiger partial charge in [0.1, 0.15) is 12.4 Å². The fourth-order valence-electron chi connectivity index (χ4n) is 2.38. The maximum absolute atomic E-state index is 12.1. The predicted molar refractivity (Wildman–Crippen MR) is 114 cm³/mol. The number of nitrogens with two attached hydrogens (primary N) is 1. The number of aryl methyl sites for hydroxylation is 1. The molecule has 0 aliphatic carbocycles. The summed E-state index contributed by atoms with van der Waals surface area (Å²) in [6, 6.07) is 10.9. The number of carbonyl (C=O) groups excluding carboxylic acids is 1. The van der Waals surface area contributed by atoms with Crippen molar-refractivity contribution >= 4 is 45.0 Å². The zero-order valence-electron chi connectivity index (χ0n) is 15.8. The maximum atomic E-state index is 12.1. The number of carbonyl (C=O) groups is 1. The van der Waals surface area contributed by atoms with Gasteiger partial charge in [0.25, 0.3) is 0 Å². The standard InChI is InChI=1S/C18H18ClN5O4S2/c1-11-8-12(19)2-7-15(11)28-9-16-22-18(24-23-16)29-10-17(25)21-13-3-5-14(6-4-13)30(20,26)27/h2-8H,9-10H2,1H3,(H,21,25)(H2,20,26,27)(H,22,23,24). The molecule has 0 radical (unpaired) electrons. The number of primary sulfonamides is 1. The van der Waals surface area contributed by atoms with E-state index in [-0.39, 0.29) is 23.2 Å². The Morgan fingerprint density at radius 2 is 2.00 bits per heavy atom. The molecule has 4 N–H and O–H groups in total. The number of nitrogens with one attached hydrogen (secondary N) is 2. The molecule has 1 aromatic heterocycles. The summed E-state index contributed by atoms with van der Waals surface area (Å²) in [5, 5.41) is 15.6. The minimum Gasteiger partial charge on any atom is -0.485 e. The zero-order chi connectivity index (χ0) is 21.7. The lowest BCUT2D eigenvalue weighted by Crippen LogP contribution is -2.15. The Bertz CT molecular complexity index is 1150. The third-order valence-corrected chi connectivity index (χ3v) is 5.82. The number of amides is 1. The molecule has 2 aromatic carbocycles. The monoisotopic (exact) mass is 467 g/mol. The Kier molecular flexibility index (Phi) is 6.98. The van der Waals surface area contributed by atoms with Crippen LogP contribution in [0.15, 0.2) is 52.5 Å². The highest BCUT2D eigenvalue weighted by Gasteiger charge is 2.11. The molecule has 0 unspecified atom stereocenters. The van der Waals surface area contributed by atoms with Gasteiger partial charge in [-0.05, 0) is 55.0 Å². The second kappa shape index (κ2) is 9.47. The van der Waals surface area contributed by atoms with Gasteiger partial charge >= 0.3 is 0 Å². The molecule has 158 valence electrons. The number of sulfonamides is 1. The molecule has 0 atom stereocenters. The van der Waals surface area contributed by atoms with Crippen molar-refractivity contribution in [2.45, 2.75) is 23.6 Å². The number of halogens is 1. The number of thioether (sulfide) groups is 1. The van der Waals surface area contributed by atoms with Crippen LogP contribution < -0.4 is 15.2 Å². The van der Waals surface area contributed by atoms with E-state index in [9.17, 15) is 13.2 Å². The van der Waals surface area contributed by atoms with E-state index in [1.165, 1.54) is 24.3 Å². The third-order valence-electron chi connectivity index (χ3n) is 3.81. The Balaban J connectivity index is 1.48. The van der Waals surface area contributed by atoms with E-state index < -0.39 is 10.0 Å². The van der Waals surface area contributed by atoms with Gasteiger partial charge in [-0.25, -0.2) is 18.5 Å². The molecule has 3 rings (SSSR count). The fraction of sp³-hybridized carbons (Fsp3) is 0.167. The van der Waals surface area contributed by atoms with E-state index in [1.54, 1.807) is 18.2 Å². The second-order valence-electron chi connectivity index (χ2n) is 6.17. The number of nitrogens with zero attached hydrogens (tertiary/aromatic N) is 2. The van der Waals surface area contributed by atoms with Crippen LogP contribution in [-0.4, -0.2) is 35.3 Å². The van der Waals surface area contributed by atoms with E-state index in [0.29, 0.717) is 27.4 Å². The summed E-state index contributed by atoms with van der Waals surface area (Å²) < 4.78 is 28.2. The van der Waals surface area contributed by atoms with Gasteiger partial charge in [-0.2, -0.15) is 0 Å². The highest BCUT2D eigenvalue weighted by molar-refractivity contribution is 7.99. The molecule has 1 amide bonds. The van der Waals surface area contributed by atoms with Crippen LogP contribution >= 0.6 is 23.4 Å². The lowest BCUT2D eigenvalue weighted by Gasteiger charge is -2.07. The fourth-order valence-corrected chi connectivity index (χ4v) is 3.74. The van der Waals surface area contributed by atoms with Gasteiger partial charge in [-0.3, -0.25) is 9.89 Å². The molecule has 0 aliphatic rings. The Labute approximate surface area is 182 Å². The molecule has 0 fully saturated rings. The van der Waals surface area contributed by atoms with Crippen molar-refractivity contribution in [3.63, 3.8) is 0 Å². The van der Waals surface area contributed by atoms with Gasteiger partial charge in [-0.1, -0.05) is 23.4 Å². The number of benzene rings is 2. The summed E-state index contributed by atoms with van der Waals surface area (Å²) in [5.41, 5.74) is 1.36. The van der Waals surface area contributed by atoms with Gasteiger partial charge in [0.05, 0.1) is 10.6 Å². The van der Waals surface area contributed by atoms with Crippen LogP contribution in [0.2, 0.25) is 5.02 Å². The lowest BCUT2D eigenvalue weighted by molar-refractivity contribution is -0.113. The van der Waals surface area contributed by atoms with Crippen LogP contribution in [0.1, 0.15) is 11.4 Å².